The highest BCUT2D eigenvalue weighted by Gasteiger charge is 2.36. The number of carbonyl (C=O) groups is 1. The first-order valence-electron chi connectivity index (χ1n) is 7.72. The van der Waals surface area contributed by atoms with Gasteiger partial charge in [-0.3, -0.25) is 4.79 Å². The standard InChI is InChI=1S/C17H27N3O/c1-13-7-8-14(15(11-13)18-2)16(21)19-12-17(20(3)4)9-5-6-10-17/h7-8,11,18H,5-6,9-10,12H2,1-4H3,(H,19,21). The molecule has 0 unspecified atom stereocenters. The summed E-state index contributed by atoms with van der Waals surface area (Å²) in [5.41, 5.74) is 2.88. The highest BCUT2D eigenvalue weighted by molar-refractivity contribution is 5.99. The van der Waals surface area contributed by atoms with E-state index in [0.717, 1.165) is 36.2 Å². The summed E-state index contributed by atoms with van der Waals surface area (Å²) in [6.07, 6.45) is 4.82. The number of amides is 1. The van der Waals surface area contributed by atoms with E-state index in [1.807, 2.05) is 32.2 Å². The Morgan fingerprint density at radius 2 is 1.95 bits per heavy atom. The van der Waals surface area contributed by atoms with Crippen LogP contribution in [0.5, 0.6) is 0 Å². The van der Waals surface area contributed by atoms with Crippen LogP contribution in [0.25, 0.3) is 0 Å². The maximum atomic E-state index is 12.5. The quantitative estimate of drug-likeness (QED) is 0.876. The zero-order chi connectivity index (χ0) is 15.5. The monoisotopic (exact) mass is 289 g/mol. The fourth-order valence-corrected chi connectivity index (χ4v) is 3.22. The molecule has 0 radical (unpaired) electrons. The molecule has 0 aromatic heterocycles. The maximum Gasteiger partial charge on any atom is 0.253 e. The average Bonchev–Trinajstić information content (AvgIpc) is 2.94. The second-order valence-electron chi connectivity index (χ2n) is 6.31. The number of hydrogen-bond acceptors (Lipinski definition) is 3. The van der Waals surface area contributed by atoms with Crippen LogP contribution >= 0.6 is 0 Å². The maximum absolute atomic E-state index is 12.5. The van der Waals surface area contributed by atoms with Gasteiger partial charge in [0.1, 0.15) is 0 Å². The SMILES string of the molecule is CNc1cc(C)ccc1C(=O)NCC1(N(C)C)CCCC1. The van der Waals surface area contributed by atoms with Crippen molar-refractivity contribution in [2.45, 2.75) is 38.1 Å². The number of nitrogens with one attached hydrogen (secondary N) is 2. The van der Waals surface area contributed by atoms with Crippen molar-refractivity contribution in [1.29, 1.82) is 0 Å². The van der Waals surface area contributed by atoms with Gasteiger partial charge in [-0.05, 0) is 51.6 Å². The first-order valence-corrected chi connectivity index (χ1v) is 7.72. The van der Waals surface area contributed by atoms with E-state index in [2.05, 4.69) is 29.6 Å². The van der Waals surface area contributed by atoms with E-state index in [9.17, 15) is 4.79 Å². The number of rotatable bonds is 5. The molecule has 1 aromatic carbocycles. The molecule has 0 atom stereocenters. The lowest BCUT2D eigenvalue weighted by Crippen LogP contribution is -2.50. The van der Waals surface area contributed by atoms with Crippen molar-refractivity contribution < 1.29 is 4.79 Å². The Bertz CT molecular complexity index is 505. The Morgan fingerprint density at radius 3 is 2.52 bits per heavy atom. The summed E-state index contributed by atoms with van der Waals surface area (Å²) in [5, 5.41) is 6.24. The smallest absolute Gasteiger partial charge is 0.253 e. The van der Waals surface area contributed by atoms with Gasteiger partial charge in [0.05, 0.1) is 5.56 Å². The van der Waals surface area contributed by atoms with E-state index < -0.39 is 0 Å². The molecule has 0 saturated heterocycles. The largest absolute Gasteiger partial charge is 0.387 e. The zero-order valence-electron chi connectivity index (χ0n) is 13.6. The van der Waals surface area contributed by atoms with E-state index in [-0.39, 0.29) is 11.4 Å². The third kappa shape index (κ3) is 3.38. The molecule has 2 N–H and O–H groups in total. The van der Waals surface area contributed by atoms with E-state index in [1.165, 1.54) is 12.8 Å². The summed E-state index contributed by atoms with van der Waals surface area (Å²) < 4.78 is 0. The molecule has 1 amide bonds. The highest BCUT2D eigenvalue weighted by atomic mass is 16.1. The lowest BCUT2D eigenvalue weighted by Gasteiger charge is -2.36. The number of likely N-dealkylation sites (N-methyl/N-ethyl adjacent to an activating group) is 1. The molecule has 4 nitrogen and oxygen atoms in total. The van der Waals surface area contributed by atoms with Crippen molar-refractivity contribution in [3.8, 4) is 0 Å². The summed E-state index contributed by atoms with van der Waals surface area (Å²) in [5.74, 6) is 0.00692. The average molecular weight is 289 g/mol. The summed E-state index contributed by atoms with van der Waals surface area (Å²) in [4.78, 5) is 14.8. The van der Waals surface area contributed by atoms with E-state index >= 15 is 0 Å². The molecular weight excluding hydrogens is 262 g/mol. The fraction of sp³-hybridized carbons (Fsp3) is 0.588. The first-order chi connectivity index (χ1) is 9.98. The molecule has 0 aliphatic heterocycles. The minimum Gasteiger partial charge on any atom is -0.387 e. The Balaban J connectivity index is 2.08. The van der Waals surface area contributed by atoms with Crippen LogP contribution in [0.2, 0.25) is 0 Å². The minimum atomic E-state index is 0.00692. The number of nitrogens with zero attached hydrogens (tertiary/aromatic N) is 1. The Kier molecular flexibility index (Phi) is 4.88. The molecular formula is C17H27N3O. The molecule has 4 heteroatoms. The molecule has 1 aromatic rings. The molecule has 1 aliphatic rings. The topological polar surface area (TPSA) is 44.4 Å². The van der Waals surface area contributed by atoms with Crippen LogP contribution in [-0.2, 0) is 0 Å². The predicted octanol–water partition coefficient (Wildman–Crippen LogP) is 2.64. The predicted molar refractivity (Wildman–Crippen MR) is 87.9 cm³/mol. The van der Waals surface area contributed by atoms with Crippen LogP contribution in [0, 0.1) is 6.92 Å². The van der Waals surface area contributed by atoms with Crippen LogP contribution in [0.3, 0.4) is 0 Å². The van der Waals surface area contributed by atoms with Gasteiger partial charge in [0, 0.05) is 24.8 Å². The van der Waals surface area contributed by atoms with Gasteiger partial charge < -0.3 is 15.5 Å². The Morgan fingerprint density at radius 1 is 1.29 bits per heavy atom. The first kappa shape index (κ1) is 15.8. The zero-order valence-corrected chi connectivity index (χ0v) is 13.6. The number of benzene rings is 1. The second kappa shape index (κ2) is 6.48. The normalized spacial score (nSPS) is 17.0. The third-order valence-corrected chi connectivity index (χ3v) is 4.75. The number of carbonyl (C=O) groups excluding carboxylic acids is 1. The van der Waals surface area contributed by atoms with E-state index in [0.29, 0.717) is 0 Å². The molecule has 0 bridgehead atoms. The van der Waals surface area contributed by atoms with Crippen LogP contribution < -0.4 is 10.6 Å². The van der Waals surface area contributed by atoms with Gasteiger partial charge in [0.25, 0.3) is 5.91 Å². The lowest BCUT2D eigenvalue weighted by atomic mass is 9.95. The molecule has 1 saturated carbocycles. The van der Waals surface area contributed by atoms with E-state index in [4.69, 9.17) is 0 Å². The van der Waals surface area contributed by atoms with Crippen LogP contribution in [0.15, 0.2) is 18.2 Å². The minimum absolute atomic E-state index is 0.00692. The van der Waals surface area contributed by atoms with Gasteiger partial charge in [-0.2, -0.15) is 0 Å². The molecule has 1 aliphatic carbocycles. The van der Waals surface area contributed by atoms with Crippen LogP contribution in [-0.4, -0.2) is 44.0 Å². The Hall–Kier alpha value is -1.55. The van der Waals surface area contributed by atoms with Crippen LogP contribution in [0.1, 0.15) is 41.6 Å². The number of aryl methyl sites for hydroxylation is 1. The Labute approximate surface area is 127 Å². The van der Waals surface area contributed by atoms with Gasteiger partial charge in [-0.15, -0.1) is 0 Å². The summed E-state index contributed by atoms with van der Waals surface area (Å²) in [6, 6.07) is 5.88. The molecule has 2 rings (SSSR count). The van der Waals surface area contributed by atoms with Crippen molar-refractivity contribution in [1.82, 2.24) is 10.2 Å². The lowest BCUT2D eigenvalue weighted by molar-refractivity contribution is 0.0901. The van der Waals surface area contributed by atoms with Gasteiger partial charge in [-0.25, -0.2) is 0 Å². The molecule has 116 valence electrons. The third-order valence-electron chi connectivity index (χ3n) is 4.75. The van der Waals surface area contributed by atoms with Gasteiger partial charge in [-0.1, -0.05) is 18.9 Å². The number of anilines is 1. The van der Waals surface area contributed by atoms with Crippen molar-refractivity contribution in [2.75, 3.05) is 33.0 Å². The molecule has 0 heterocycles. The summed E-state index contributed by atoms with van der Waals surface area (Å²) in [7, 11) is 6.08. The van der Waals surface area contributed by atoms with Crippen molar-refractivity contribution in [2.24, 2.45) is 0 Å². The molecule has 21 heavy (non-hydrogen) atoms. The number of hydrogen-bond donors (Lipinski definition) is 2. The van der Waals surface area contributed by atoms with Crippen molar-refractivity contribution in [3.05, 3.63) is 29.3 Å². The van der Waals surface area contributed by atoms with Crippen LogP contribution in [0.4, 0.5) is 5.69 Å². The fourth-order valence-electron chi connectivity index (χ4n) is 3.22. The van der Waals surface area contributed by atoms with Crippen molar-refractivity contribution in [3.63, 3.8) is 0 Å². The van der Waals surface area contributed by atoms with Gasteiger partial charge in [0.15, 0.2) is 0 Å². The summed E-state index contributed by atoms with van der Waals surface area (Å²) >= 11 is 0. The molecule has 0 spiro atoms. The van der Waals surface area contributed by atoms with E-state index in [1.54, 1.807) is 0 Å². The highest BCUT2D eigenvalue weighted by Crippen LogP contribution is 2.33. The molecule has 1 fully saturated rings. The second-order valence-corrected chi connectivity index (χ2v) is 6.31. The summed E-state index contributed by atoms with van der Waals surface area (Å²) in [6.45, 7) is 2.75. The van der Waals surface area contributed by atoms with Gasteiger partial charge in [0.2, 0.25) is 0 Å². The van der Waals surface area contributed by atoms with Crippen molar-refractivity contribution >= 4 is 11.6 Å². The van der Waals surface area contributed by atoms with Gasteiger partial charge >= 0.3 is 0 Å².